The minimum absolute atomic E-state index is 0.0255. The van der Waals surface area contributed by atoms with Crippen LogP contribution in [0.1, 0.15) is 44.9 Å². The summed E-state index contributed by atoms with van der Waals surface area (Å²) in [5, 5.41) is 3.45. The number of anilines is 1. The highest BCUT2D eigenvalue weighted by Crippen LogP contribution is 2.34. The van der Waals surface area contributed by atoms with Crippen molar-refractivity contribution < 1.29 is 4.79 Å². The first-order chi connectivity index (χ1) is 10.7. The van der Waals surface area contributed by atoms with E-state index < -0.39 is 0 Å². The van der Waals surface area contributed by atoms with Gasteiger partial charge in [0.1, 0.15) is 5.82 Å². The first-order valence-electron chi connectivity index (χ1n) is 8.38. The van der Waals surface area contributed by atoms with E-state index >= 15 is 0 Å². The average Bonchev–Trinajstić information content (AvgIpc) is 2.98. The lowest BCUT2D eigenvalue weighted by molar-refractivity contribution is -0.117. The van der Waals surface area contributed by atoms with Crippen LogP contribution in [0.2, 0.25) is 5.02 Å². The molecule has 1 amide bonds. The topological polar surface area (TPSA) is 45.2 Å². The van der Waals surface area contributed by atoms with Crippen molar-refractivity contribution in [3.63, 3.8) is 0 Å². The van der Waals surface area contributed by atoms with E-state index in [9.17, 15) is 4.79 Å². The molecular formula is C17H24ClN3O. The van der Waals surface area contributed by atoms with Gasteiger partial charge < -0.3 is 5.32 Å². The molecule has 1 saturated heterocycles. The van der Waals surface area contributed by atoms with Gasteiger partial charge in [0, 0.05) is 12.2 Å². The molecule has 2 aliphatic rings. The summed E-state index contributed by atoms with van der Waals surface area (Å²) < 4.78 is 0. The van der Waals surface area contributed by atoms with E-state index in [4.69, 9.17) is 11.6 Å². The molecule has 0 bridgehead atoms. The summed E-state index contributed by atoms with van der Waals surface area (Å²) >= 11 is 5.81. The van der Waals surface area contributed by atoms with Crippen LogP contribution in [0.15, 0.2) is 18.3 Å². The zero-order valence-corrected chi connectivity index (χ0v) is 13.7. The molecule has 2 fully saturated rings. The van der Waals surface area contributed by atoms with E-state index in [0.29, 0.717) is 23.4 Å². The third kappa shape index (κ3) is 3.99. The van der Waals surface area contributed by atoms with Crippen molar-refractivity contribution >= 4 is 23.3 Å². The summed E-state index contributed by atoms with van der Waals surface area (Å²) in [6.45, 7) is 1.52. The lowest BCUT2D eigenvalue weighted by Crippen LogP contribution is -2.41. The van der Waals surface area contributed by atoms with Crippen LogP contribution in [-0.4, -0.2) is 34.9 Å². The zero-order chi connectivity index (χ0) is 15.4. The van der Waals surface area contributed by atoms with E-state index in [1.54, 1.807) is 18.3 Å². The van der Waals surface area contributed by atoms with E-state index in [2.05, 4.69) is 15.2 Å². The SMILES string of the molecule is O=C(CN1CCC[C@H]1C1CCCCC1)Nc1ccc(Cl)cn1. The standard InChI is InChI=1S/C17H24ClN3O/c18-14-8-9-16(19-11-14)20-17(22)12-21-10-4-7-15(21)13-5-2-1-3-6-13/h8-9,11,13,15H,1-7,10,12H2,(H,19,20,22)/t15-/m0/s1. The van der Waals surface area contributed by atoms with Crippen molar-refractivity contribution in [3.8, 4) is 0 Å². The Morgan fingerprint density at radius 3 is 2.77 bits per heavy atom. The Labute approximate surface area is 137 Å². The minimum Gasteiger partial charge on any atom is -0.310 e. The Morgan fingerprint density at radius 1 is 1.23 bits per heavy atom. The molecule has 0 radical (unpaired) electrons. The van der Waals surface area contributed by atoms with Crippen molar-refractivity contribution in [3.05, 3.63) is 23.4 Å². The molecule has 0 aromatic carbocycles. The molecule has 1 N–H and O–H groups in total. The van der Waals surface area contributed by atoms with Gasteiger partial charge >= 0.3 is 0 Å². The summed E-state index contributed by atoms with van der Waals surface area (Å²) in [6.07, 6.45) is 10.8. The quantitative estimate of drug-likeness (QED) is 0.919. The number of nitrogens with one attached hydrogen (secondary N) is 1. The van der Waals surface area contributed by atoms with Gasteiger partial charge in [-0.2, -0.15) is 0 Å². The van der Waals surface area contributed by atoms with Crippen molar-refractivity contribution in [1.82, 2.24) is 9.88 Å². The second kappa shape index (κ2) is 7.42. The van der Waals surface area contributed by atoms with Crippen molar-refractivity contribution in [2.75, 3.05) is 18.4 Å². The van der Waals surface area contributed by atoms with Crippen LogP contribution in [0, 0.1) is 5.92 Å². The number of halogens is 1. The molecule has 1 aliphatic heterocycles. The summed E-state index contributed by atoms with van der Waals surface area (Å²) in [7, 11) is 0. The molecule has 0 spiro atoms. The van der Waals surface area contributed by atoms with Crippen LogP contribution in [0.4, 0.5) is 5.82 Å². The molecule has 5 heteroatoms. The van der Waals surface area contributed by atoms with Crippen molar-refractivity contribution in [1.29, 1.82) is 0 Å². The largest absolute Gasteiger partial charge is 0.310 e. The number of likely N-dealkylation sites (tertiary alicyclic amines) is 1. The number of pyridine rings is 1. The first kappa shape index (κ1) is 15.8. The Balaban J connectivity index is 1.54. The lowest BCUT2D eigenvalue weighted by Gasteiger charge is -2.33. The summed E-state index contributed by atoms with van der Waals surface area (Å²) in [6, 6.07) is 4.08. The second-order valence-electron chi connectivity index (χ2n) is 6.49. The smallest absolute Gasteiger partial charge is 0.239 e. The summed E-state index contributed by atoms with van der Waals surface area (Å²) in [5.74, 6) is 1.39. The number of carbonyl (C=O) groups excluding carboxylic acids is 1. The van der Waals surface area contributed by atoms with Crippen molar-refractivity contribution in [2.24, 2.45) is 5.92 Å². The van der Waals surface area contributed by atoms with Crippen LogP contribution in [0.25, 0.3) is 0 Å². The fourth-order valence-corrected chi connectivity index (χ4v) is 4.03. The third-order valence-electron chi connectivity index (χ3n) is 4.95. The maximum Gasteiger partial charge on any atom is 0.239 e. The number of amides is 1. The highest BCUT2D eigenvalue weighted by molar-refractivity contribution is 6.30. The number of carbonyl (C=O) groups is 1. The Hall–Kier alpha value is -1.13. The predicted molar refractivity (Wildman–Crippen MR) is 89.0 cm³/mol. The second-order valence-corrected chi connectivity index (χ2v) is 6.92. The van der Waals surface area contributed by atoms with Gasteiger partial charge in [0.05, 0.1) is 11.6 Å². The fourth-order valence-electron chi connectivity index (χ4n) is 3.92. The Bertz CT molecular complexity index is 499. The number of nitrogens with zero attached hydrogens (tertiary/aromatic N) is 2. The molecule has 120 valence electrons. The van der Waals surface area contributed by atoms with Gasteiger partial charge in [-0.05, 0) is 50.3 Å². The molecule has 4 nitrogen and oxygen atoms in total. The number of hydrogen-bond acceptors (Lipinski definition) is 3. The normalized spacial score (nSPS) is 23.6. The number of hydrogen-bond donors (Lipinski definition) is 1. The van der Waals surface area contributed by atoms with Gasteiger partial charge in [-0.25, -0.2) is 4.98 Å². The fraction of sp³-hybridized carbons (Fsp3) is 0.647. The first-order valence-corrected chi connectivity index (χ1v) is 8.75. The van der Waals surface area contributed by atoms with Gasteiger partial charge in [-0.3, -0.25) is 9.69 Å². The Morgan fingerprint density at radius 2 is 2.05 bits per heavy atom. The minimum atomic E-state index is 0.0255. The van der Waals surface area contributed by atoms with Gasteiger partial charge in [-0.15, -0.1) is 0 Å². The third-order valence-corrected chi connectivity index (χ3v) is 5.17. The van der Waals surface area contributed by atoms with Gasteiger partial charge in [0.15, 0.2) is 0 Å². The van der Waals surface area contributed by atoms with E-state index in [0.717, 1.165) is 12.5 Å². The highest BCUT2D eigenvalue weighted by atomic mass is 35.5. The molecular weight excluding hydrogens is 298 g/mol. The lowest BCUT2D eigenvalue weighted by atomic mass is 9.83. The molecule has 1 aliphatic carbocycles. The molecule has 1 atom stereocenters. The predicted octanol–water partition coefficient (Wildman–Crippen LogP) is 3.72. The maximum absolute atomic E-state index is 12.3. The number of aromatic nitrogens is 1. The highest BCUT2D eigenvalue weighted by Gasteiger charge is 2.33. The maximum atomic E-state index is 12.3. The zero-order valence-electron chi connectivity index (χ0n) is 12.9. The van der Waals surface area contributed by atoms with E-state index in [1.165, 1.54) is 44.9 Å². The molecule has 0 unspecified atom stereocenters. The van der Waals surface area contributed by atoms with Crippen LogP contribution in [0.5, 0.6) is 0 Å². The molecule has 2 heterocycles. The Kier molecular flexibility index (Phi) is 5.32. The van der Waals surface area contributed by atoms with E-state index in [1.807, 2.05) is 0 Å². The van der Waals surface area contributed by atoms with Gasteiger partial charge in [0.2, 0.25) is 5.91 Å². The molecule has 22 heavy (non-hydrogen) atoms. The van der Waals surface area contributed by atoms with Crippen LogP contribution >= 0.6 is 11.6 Å². The summed E-state index contributed by atoms with van der Waals surface area (Å²) in [5.41, 5.74) is 0. The summed E-state index contributed by atoms with van der Waals surface area (Å²) in [4.78, 5) is 18.8. The van der Waals surface area contributed by atoms with Gasteiger partial charge in [-0.1, -0.05) is 30.9 Å². The van der Waals surface area contributed by atoms with Crippen LogP contribution in [-0.2, 0) is 4.79 Å². The molecule has 1 aromatic rings. The molecule has 3 rings (SSSR count). The van der Waals surface area contributed by atoms with E-state index in [-0.39, 0.29) is 5.91 Å². The van der Waals surface area contributed by atoms with Crippen LogP contribution in [0.3, 0.4) is 0 Å². The molecule has 1 aromatic heterocycles. The number of rotatable bonds is 4. The molecule has 1 saturated carbocycles. The van der Waals surface area contributed by atoms with Crippen molar-refractivity contribution in [2.45, 2.75) is 51.0 Å². The average molecular weight is 322 g/mol. The van der Waals surface area contributed by atoms with Crippen LogP contribution < -0.4 is 5.32 Å². The van der Waals surface area contributed by atoms with Gasteiger partial charge in [0.25, 0.3) is 0 Å². The monoisotopic (exact) mass is 321 g/mol.